The molecule has 1 heterocycles. The number of aryl methyl sites for hydroxylation is 1. The van der Waals surface area contributed by atoms with Crippen LogP contribution < -0.4 is 0 Å². The van der Waals surface area contributed by atoms with Gasteiger partial charge in [-0.15, -0.1) is 11.6 Å². The van der Waals surface area contributed by atoms with Crippen LogP contribution in [0.15, 0.2) is 12.4 Å². The first-order chi connectivity index (χ1) is 7.36. The van der Waals surface area contributed by atoms with Crippen LogP contribution in [-0.2, 0) is 18.4 Å². The van der Waals surface area contributed by atoms with Gasteiger partial charge < -0.3 is 4.90 Å². The monoisotopic (exact) mass is 243 g/mol. The molecular weight excluding hydrogens is 226 g/mol. The molecule has 1 amide bonds. The van der Waals surface area contributed by atoms with Gasteiger partial charge >= 0.3 is 0 Å². The molecule has 0 aromatic carbocycles. The number of carbonyl (C=O) groups excluding carboxylic acids is 1. The molecule has 0 unspecified atom stereocenters. The van der Waals surface area contributed by atoms with Crippen LogP contribution in [0.25, 0.3) is 0 Å². The molecule has 1 rings (SSSR count). The number of hydrogen-bond donors (Lipinski definition) is 0. The van der Waals surface area contributed by atoms with Gasteiger partial charge in [0.15, 0.2) is 0 Å². The fourth-order valence-corrected chi connectivity index (χ4v) is 1.59. The smallest absolute Gasteiger partial charge is 0.229 e. The lowest BCUT2D eigenvalue weighted by atomic mass is 9.94. The third kappa shape index (κ3) is 2.98. The third-order valence-corrected chi connectivity index (χ3v) is 3.11. The van der Waals surface area contributed by atoms with E-state index in [9.17, 15) is 4.79 Å². The zero-order chi connectivity index (χ0) is 12.3. The Kier molecular flexibility index (Phi) is 3.97. The molecule has 0 atom stereocenters. The normalized spacial score (nSPS) is 11.6. The van der Waals surface area contributed by atoms with Gasteiger partial charge in [0.25, 0.3) is 0 Å². The Bertz CT molecular complexity index is 373. The lowest BCUT2D eigenvalue weighted by molar-refractivity contribution is -0.138. The van der Waals surface area contributed by atoms with E-state index in [2.05, 4.69) is 5.10 Å². The molecule has 0 fully saturated rings. The van der Waals surface area contributed by atoms with Crippen LogP contribution >= 0.6 is 11.6 Å². The molecule has 0 N–H and O–H groups in total. The zero-order valence-electron chi connectivity index (χ0n) is 10.2. The van der Waals surface area contributed by atoms with E-state index in [0.29, 0.717) is 12.4 Å². The number of nitrogens with zero attached hydrogens (tertiary/aromatic N) is 3. The van der Waals surface area contributed by atoms with Crippen molar-refractivity contribution in [3.8, 4) is 0 Å². The Balaban J connectivity index is 2.65. The summed E-state index contributed by atoms with van der Waals surface area (Å²) in [6.07, 6.45) is 3.66. The summed E-state index contributed by atoms with van der Waals surface area (Å²) in [4.78, 5) is 13.7. The molecule has 4 nitrogen and oxygen atoms in total. The quantitative estimate of drug-likeness (QED) is 0.755. The van der Waals surface area contributed by atoms with Gasteiger partial charge in [0.2, 0.25) is 5.91 Å². The summed E-state index contributed by atoms with van der Waals surface area (Å²) in [5, 5.41) is 4.06. The molecular formula is C11H18ClN3O. The standard InChI is InChI=1S/C11H18ClN3O/c1-11(2,8-12)10(16)14(3)6-9-5-13-15(4)7-9/h5,7H,6,8H2,1-4H3. The molecule has 16 heavy (non-hydrogen) atoms. The van der Waals surface area contributed by atoms with E-state index in [0.717, 1.165) is 5.56 Å². The summed E-state index contributed by atoms with van der Waals surface area (Å²) >= 11 is 5.78. The number of rotatable bonds is 4. The Labute approximate surface area is 101 Å². The minimum absolute atomic E-state index is 0.0475. The topological polar surface area (TPSA) is 38.1 Å². The molecule has 0 bridgehead atoms. The average molecular weight is 244 g/mol. The highest BCUT2D eigenvalue weighted by Crippen LogP contribution is 2.20. The van der Waals surface area contributed by atoms with E-state index < -0.39 is 5.41 Å². The van der Waals surface area contributed by atoms with Crippen LogP contribution in [0.4, 0.5) is 0 Å². The number of amides is 1. The Morgan fingerprint density at radius 1 is 1.62 bits per heavy atom. The Hall–Kier alpha value is -1.03. The number of halogens is 1. The first-order valence-corrected chi connectivity index (χ1v) is 5.69. The minimum Gasteiger partial charge on any atom is -0.341 e. The van der Waals surface area contributed by atoms with Crippen molar-refractivity contribution in [3.63, 3.8) is 0 Å². The maximum atomic E-state index is 12.0. The van der Waals surface area contributed by atoms with Crippen molar-refractivity contribution in [2.45, 2.75) is 20.4 Å². The van der Waals surface area contributed by atoms with Gasteiger partial charge in [-0.2, -0.15) is 5.10 Å². The minimum atomic E-state index is -0.515. The predicted octanol–water partition coefficient (Wildman–Crippen LogP) is 1.64. The fraction of sp³-hybridized carbons (Fsp3) is 0.636. The first kappa shape index (κ1) is 13.0. The van der Waals surface area contributed by atoms with Crippen LogP contribution in [0.3, 0.4) is 0 Å². The molecule has 0 aliphatic carbocycles. The van der Waals surface area contributed by atoms with E-state index in [4.69, 9.17) is 11.6 Å². The van der Waals surface area contributed by atoms with Crippen molar-refractivity contribution >= 4 is 17.5 Å². The summed E-state index contributed by atoms with van der Waals surface area (Å²) in [6.45, 7) is 4.26. The highest BCUT2D eigenvalue weighted by molar-refractivity contribution is 6.19. The highest BCUT2D eigenvalue weighted by Gasteiger charge is 2.29. The first-order valence-electron chi connectivity index (χ1n) is 5.16. The lowest BCUT2D eigenvalue weighted by Gasteiger charge is -2.27. The molecule has 1 aromatic heterocycles. The van der Waals surface area contributed by atoms with Crippen LogP contribution in [0.5, 0.6) is 0 Å². The second kappa shape index (κ2) is 4.87. The number of alkyl halides is 1. The molecule has 0 aliphatic rings. The van der Waals surface area contributed by atoms with Crippen molar-refractivity contribution in [2.24, 2.45) is 12.5 Å². The van der Waals surface area contributed by atoms with Crippen molar-refractivity contribution in [3.05, 3.63) is 18.0 Å². The predicted molar refractivity (Wildman–Crippen MR) is 64.2 cm³/mol. The van der Waals surface area contributed by atoms with Crippen molar-refractivity contribution in [1.29, 1.82) is 0 Å². The molecule has 0 saturated carbocycles. The SMILES string of the molecule is CN(Cc1cnn(C)c1)C(=O)C(C)(C)CCl. The largest absolute Gasteiger partial charge is 0.341 e. The highest BCUT2D eigenvalue weighted by atomic mass is 35.5. The summed E-state index contributed by atoms with van der Waals surface area (Å²) in [7, 11) is 3.64. The summed E-state index contributed by atoms with van der Waals surface area (Å²) in [5.74, 6) is 0.370. The number of carbonyl (C=O) groups is 1. The van der Waals surface area contributed by atoms with Gasteiger partial charge in [-0.25, -0.2) is 0 Å². The Morgan fingerprint density at radius 3 is 2.69 bits per heavy atom. The maximum absolute atomic E-state index is 12.0. The van der Waals surface area contributed by atoms with Crippen LogP contribution in [0.1, 0.15) is 19.4 Å². The van der Waals surface area contributed by atoms with E-state index in [-0.39, 0.29) is 5.91 Å². The van der Waals surface area contributed by atoms with Gasteiger partial charge in [-0.3, -0.25) is 9.48 Å². The average Bonchev–Trinajstić information content (AvgIpc) is 2.62. The summed E-state index contributed by atoms with van der Waals surface area (Å²) in [5.41, 5.74) is 0.502. The van der Waals surface area contributed by atoms with Gasteiger partial charge in [0, 0.05) is 38.3 Å². The van der Waals surface area contributed by atoms with Crippen molar-refractivity contribution in [2.75, 3.05) is 12.9 Å². The third-order valence-electron chi connectivity index (χ3n) is 2.44. The molecule has 0 spiro atoms. The number of hydrogen-bond acceptors (Lipinski definition) is 2. The molecule has 1 aromatic rings. The molecule has 0 aliphatic heterocycles. The molecule has 0 radical (unpaired) electrons. The second-order valence-corrected chi connectivity index (χ2v) is 4.97. The second-order valence-electron chi connectivity index (χ2n) is 4.70. The summed E-state index contributed by atoms with van der Waals surface area (Å²) < 4.78 is 1.72. The van der Waals surface area contributed by atoms with E-state index in [1.54, 1.807) is 22.8 Å². The van der Waals surface area contributed by atoms with Gasteiger partial charge in [0.1, 0.15) is 0 Å². The molecule has 0 saturated heterocycles. The van der Waals surface area contributed by atoms with Gasteiger partial charge in [-0.1, -0.05) is 0 Å². The fourth-order valence-electron chi connectivity index (χ4n) is 1.47. The molecule has 5 heteroatoms. The van der Waals surface area contributed by atoms with Crippen LogP contribution in [0, 0.1) is 5.41 Å². The van der Waals surface area contributed by atoms with E-state index >= 15 is 0 Å². The van der Waals surface area contributed by atoms with Crippen molar-refractivity contribution < 1.29 is 4.79 Å². The van der Waals surface area contributed by atoms with Gasteiger partial charge in [0.05, 0.1) is 11.6 Å². The summed E-state index contributed by atoms with van der Waals surface area (Å²) in [6, 6.07) is 0. The van der Waals surface area contributed by atoms with E-state index in [1.165, 1.54) is 0 Å². The van der Waals surface area contributed by atoms with Crippen LogP contribution in [0.2, 0.25) is 0 Å². The van der Waals surface area contributed by atoms with Crippen LogP contribution in [-0.4, -0.2) is 33.5 Å². The van der Waals surface area contributed by atoms with E-state index in [1.807, 2.05) is 27.1 Å². The van der Waals surface area contributed by atoms with Crippen molar-refractivity contribution in [1.82, 2.24) is 14.7 Å². The number of aromatic nitrogens is 2. The molecule has 90 valence electrons. The van der Waals surface area contributed by atoms with Gasteiger partial charge in [-0.05, 0) is 13.8 Å². The zero-order valence-corrected chi connectivity index (χ0v) is 11.0. The Morgan fingerprint density at radius 2 is 2.25 bits per heavy atom. The lowest BCUT2D eigenvalue weighted by Crippen LogP contribution is -2.39. The maximum Gasteiger partial charge on any atom is 0.229 e.